The number of rotatable bonds is 21. The normalized spacial score (nSPS) is 10.7. The van der Waals surface area contributed by atoms with E-state index in [9.17, 15) is 14.4 Å². The van der Waals surface area contributed by atoms with E-state index in [-0.39, 0.29) is 25.4 Å². The Morgan fingerprint density at radius 2 is 1.21 bits per heavy atom. The van der Waals surface area contributed by atoms with Crippen molar-refractivity contribution in [3.8, 4) is 0 Å². The maximum Gasteiger partial charge on any atom is 0.331 e. The molecule has 2 N–H and O–H groups in total. The highest BCUT2D eigenvalue weighted by atomic mass is 16.6. The van der Waals surface area contributed by atoms with Gasteiger partial charge in [-0.05, 0) is 6.42 Å². The van der Waals surface area contributed by atoms with Gasteiger partial charge >= 0.3 is 11.9 Å². The number of carboxylic acid groups (broad SMARTS) is 1. The lowest BCUT2D eigenvalue weighted by atomic mass is 10.3. The number of carbonyl (C=O) groups excluding carboxylic acids is 2. The van der Waals surface area contributed by atoms with Crippen LogP contribution in [0.1, 0.15) is 19.3 Å². The summed E-state index contributed by atoms with van der Waals surface area (Å²) in [4.78, 5) is 32.4. The molecule has 0 aliphatic heterocycles. The highest BCUT2D eigenvalue weighted by molar-refractivity contribution is 5.80. The molecule has 0 radical (unpaired) electrons. The van der Waals surface area contributed by atoms with E-state index in [0.29, 0.717) is 72.4 Å². The average Bonchev–Trinajstić information content (AvgIpc) is 2.71. The fourth-order valence-electron chi connectivity index (χ4n) is 1.80. The van der Waals surface area contributed by atoms with E-state index in [1.165, 1.54) is 7.11 Å². The molecule has 170 valence electrons. The third-order valence-corrected chi connectivity index (χ3v) is 3.29. The van der Waals surface area contributed by atoms with Gasteiger partial charge in [0.05, 0.1) is 66.4 Å². The van der Waals surface area contributed by atoms with E-state index in [1.54, 1.807) is 0 Å². The number of methoxy groups -OCH3 is 1. The van der Waals surface area contributed by atoms with Crippen LogP contribution in [-0.2, 0) is 42.8 Å². The number of carbonyl (C=O) groups is 3. The van der Waals surface area contributed by atoms with Gasteiger partial charge in [-0.25, -0.2) is 4.79 Å². The highest BCUT2D eigenvalue weighted by Crippen LogP contribution is 1.89. The van der Waals surface area contributed by atoms with E-state index in [4.69, 9.17) is 28.8 Å². The van der Waals surface area contributed by atoms with Crippen molar-refractivity contribution in [2.45, 2.75) is 19.3 Å². The first-order valence-electron chi connectivity index (χ1n) is 9.50. The summed E-state index contributed by atoms with van der Waals surface area (Å²) < 4.78 is 30.7. The third kappa shape index (κ3) is 22.4. The van der Waals surface area contributed by atoms with Crippen LogP contribution in [0.25, 0.3) is 0 Å². The Labute approximate surface area is 170 Å². The zero-order valence-corrected chi connectivity index (χ0v) is 17.0. The summed E-state index contributed by atoms with van der Waals surface area (Å²) in [6.07, 6.45) is 0.475. The second kappa shape index (κ2) is 20.9. The Morgan fingerprint density at radius 3 is 1.69 bits per heavy atom. The summed E-state index contributed by atoms with van der Waals surface area (Å²) in [6.45, 7) is 4.21. The summed E-state index contributed by atoms with van der Waals surface area (Å²) in [5.41, 5.74) is 0. The van der Waals surface area contributed by atoms with Crippen LogP contribution in [0.3, 0.4) is 0 Å². The van der Waals surface area contributed by atoms with Crippen molar-refractivity contribution < 1.29 is 47.9 Å². The molecule has 0 aromatic carbocycles. The molecule has 11 heteroatoms. The minimum absolute atomic E-state index is 0.0102. The number of nitrogens with one attached hydrogen (secondary N) is 1. The standard InChI is InChI=1S/C18H33NO10/c1-24-18(23)15-29-14-13-28-12-11-27-10-9-26-8-7-25-6-2-5-19-16(20)3-4-17(21)22/h2-15H2,1H3,(H,19,20)(H,21,22). The molecule has 0 bridgehead atoms. The molecule has 0 fully saturated rings. The molecule has 1 amide bonds. The van der Waals surface area contributed by atoms with Gasteiger partial charge in [-0.1, -0.05) is 0 Å². The van der Waals surface area contributed by atoms with E-state index in [0.717, 1.165) is 0 Å². The van der Waals surface area contributed by atoms with E-state index < -0.39 is 11.9 Å². The van der Waals surface area contributed by atoms with Crippen LogP contribution in [0.5, 0.6) is 0 Å². The van der Waals surface area contributed by atoms with Crippen molar-refractivity contribution >= 4 is 17.8 Å². The monoisotopic (exact) mass is 423 g/mol. The van der Waals surface area contributed by atoms with Crippen molar-refractivity contribution in [3.63, 3.8) is 0 Å². The van der Waals surface area contributed by atoms with E-state index in [2.05, 4.69) is 10.1 Å². The smallest absolute Gasteiger partial charge is 0.331 e. The minimum Gasteiger partial charge on any atom is -0.481 e. The Bertz CT molecular complexity index is 433. The van der Waals surface area contributed by atoms with E-state index in [1.807, 2.05) is 0 Å². The van der Waals surface area contributed by atoms with Gasteiger partial charge in [0.15, 0.2) is 0 Å². The van der Waals surface area contributed by atoms with Crippen LogP contribution in [0, 0.1) is 0 Å². The van der Waals surface area contributed by atoms with Crippen LogP contribution in [0.4, 0.5) is 0 Å². The number of amides is 1. The van der Waals surface area contributed by atoms with Gasteiger partial charge in [-0.3, -0.25) is 9.59 Å². The molecule has 0 atom stereocenters. The maximum atomic E-state index is 11.3. The fraction of sp³-hybridized carbons (Fsp3) is 0.833. The molecule has 0 aromatic heterocycles. The van der Waals surface area contributed by atoms with Crippen molar-refractivity contribution in [1.82, 2.24) is 5.32 Å². The lowest BCUT2D eigenvalue weighted by molar-refractivity contribution is -0.146. The topological polar surface area (TPSA) is 139 Å². The predicted octanol–water partition coefficient (Wildman–Crippen LogP) is -0.386. The van der Waals surface area contributed by atoms with Crippen LogP contribution in [-0.4, -0.2) is 103 Å². The Balaban J connectivity index is 3.12. The minimum atomic E-state index is -0.985. The Morgan fingerprint density at radius 1 is 0.724 bits per heavy atom. The molecular weight excluding hydrogens is 390 g/mol. The zero-order valence-electron chi connectivity index (χ0n) is 17.0. The van der Waals surface area contributed by atoms with Crippen LogP contribution < -0.4 is 5.32 Å². The van der Waals surface area contributed by atoms with Gasteiger partial charge in [-0.15, -0.1) is 0 Å². The summed E-state index contributed by atoms with van der Waals surface area (Å²) in [7, 11) is 1.30. The molecular formula is C18H33NO10. The van der Waals surface area contributed by atoms with Crippen molar-refractivity contribution in [1.29, 1.82) is 0 Å². The van der Waals surface area contributed by atoms with Crippen LogP contribution >= 0.6 is 0 Å². The SMILES string of the molecule is COC(=O)COCCOCCOCCOCCOCCCNC(=O)CCC(=O)O. The molecule has 0 unspecified atom stereocenters. The van der Waals surface area contributed by atoms with Gasteiger partial charge in [0, 0.05) is 19.6 Å². The van der Waals surface area contributed by atoms with Crippen molar-refractivity contribution in [2.24, 2.45) is 0 Å². The lowest BCUT2D eigenvalue weighted by Gasteiger charge is -2.08. The van der Waals surface area contributed by atoms with Crippen LogP contribution in [0.2, 0.25) is 0 Å². The second-order valence-electron chi connectivity index (χ2n) is 5.68. The van der Waals surface area contributed by atoms with Crippen molar-refractivity contribution in [2.75, 3.05) is 79.7 Å². The summed E-state index contributed by atoms with van der Waals surface area (Å²) in [5, 5.41) is 11.1. The molecule has 0 aromatic rings. The molecule has 0 saturated carbocycles. The number of ether oxygens (including phenoxy) is 6. The zero-order chi connectivity index (χ0) is 21.6. The molecule has 0 rings (SSSR count). The first-order valence-corrected chi connectivity index (χ1v) is 9.50. The van der Waals surface area contributed by atoms with Gasteiger partial charge in [0.2, 0.25) is 5.91 Å². The largest absolute Gasteiger partial charge is 0.481 e. The molecule has 29 heavy (non-hydrogen) atoms. The molecule has 0 aliphatic carbocycles. The fourth-order valence-corrected chi connectivity index (χ4v) is 1.80. The average molecular weight is 423 g/mol. The molecule has 0 aliphatic rings. The summed E-state index contributed by atoms with van der Waals surface area (Å²) in [6, 6.07) is 0. The van der Waals surface area contributed by atoms with Gasteiger partial charge in [0.1, 0.15) is 6.61 Å². The first kappa shape index (κ1) is 27.2. The second-order valence-corrected chi connectivity index (χ2v) is 5.68. The predicted molar refractivity (Wildman–Crippen MR) is 101 cm³/mol. The maximum absolute atomic E-state index is 11.3. The number of aliphatic carboxylic acids is 1. The first-order chi connectivity index (χ1) is 14.1. The quantitative estimate of drug-likeness (QED) is 0.185. The summed E-state index contributed by atoms with van der Waals surface area (Å²) in [5.74, 6) is -1.67. The van der Waals surface area contributed by atoms with E-state index >= 15 is 0 Å². The lowest BCUT2D eigenvalue weighted by Crippen LogP contribution is -2.25. The molecule has 0 spiro atoms. The van der Waals surface area contributed by atoms with Gasteiger partial charge in [-0.2, -0.15) is 0 Å². The number of esters is 1. The number of carboxylic acids is 1. The summed E-state index contributed by atoms with van der Waals surface area (Å²) >= 11 is 0. The van der Waals surface area contributed by atoms with Gasteiger partial charge < -0.3 is 38.8 Å². The third-order valence-electron chi connectivity index (χ3n) is 3.29. The Hall–Kier alpha value is -1.79. The van der Waals surface area contributed by atoms with Crippen molar-refractivity contribution in [3.05, 3.63) is 0 Å². The number of hydrogen-bond acceptors (Lipinski definition) is 9. The van der Waals surface area contributed by atoms with Crippen LogP contribution in [0.15, 0.2) is 0 Å². The van der Waals surface area contributed by atoms with Gasteiger partial charge in [0.25, 0.3) is 0 Å². The Kier molecular flexibility index (Phi) is 19.6. The molecule has 0 heterocycles. The highest BCUT2D eigenvalue weighted by Gasteiger charge is 2.04. The number of hydrogen-bond donors (Lipinski definition) is 2. The molecule has 0 saturated heterocycles. The molecule has 11 nitrogen and oxygen atoms in total.